The van der Waals surface area contributed by atoms with E-state index in [0.717, 1.165) is 12.1 Å². The fourth-order valence-electron chi connectivity index (χ4n) is 2.06. The topological polar surface area (TPSA) is 65.2 Å². The van der Waals surface area contributed by atoms with Gasteiger partial charge in [0.05, 0.1) is 5.56 Å². The van der Waals surface area contributed by atoms with E-state index in [9.17, 15) is 18.0 Å². The fourth-order valence-corrected chi connectivity index (χ4v) is 2.06. The van der Waals surface area contributed by atoms with Crippen LogP contribution in [0, 0.1) is 17.5 Å². The highest BCUT2D eigenvalue weighted by molar-refractivity contribution is 5.89. The lowest BCUT2D eigenvalue weighted by Gasteiger charge is -2.09. The quantitative estimate of drug-likeness (QED) is 0.665. The fraction of sp³-hybridized carbons (Fsp3) is 0.118. The Morgan fingerprint density at radius 3 is 2.28 bits per heavy atom. The van der Waals surface area contributed by atoms with Gasteiger partial charge in [-0.15, -0.1) is 10.2 Å². The number of aromatic nitrogens is 2. The Balaban J connectivity index is 1.74. The Morgan fingerprint density at radius 2 is 1.64 bits per heavy atom. The Labute approximate surface area is 140 Å². The second-order valence-electron chi connectivity index (χ2n) is 5.16. The summed E-state index contributed by atoms with van der Waals surface area (Å²) in [7, 11) is 0. The Kier molecular flexibility index (Phi) is 4.51. The minimum atomic E-state index is -0.944. The van der Waals surface area contributed by atoms with Gasteiger partial charge in [0.15, 0.2) is 6.10 Å². The average molecular weight is 348 g/mol. The summed E-state index contributed by atoms with van der Waals surface area (Å²) in [5.41, 5.74) is 0.216. The number of hydrogen-bond acceptors (Lipinski definition) is 5. The number of hydrogen-bond donors (Lipinski definition) is 0. The second kappa shape index (κ2) is 6.76. The number of rotatable bonds is 4. The summed E-state index contributed by atoms with van der Waals surface area (Å²) >= 11 is 0. The van der Waals surface area contributed by atoms with Gasteiger partial charge in [-0.2, -0.15) is 0 Å². The summed E-state index contributed by atoms with van der Waals surface area (Å²) in [4.78, 5) is 12.0. The molecule has 2 aromatic carbocycles. The van der Waals surface area contributed by atoms with Crippen molar-refractivity contribution in [2.75, 3.05) is 0 Å². The molecule has 0 fully saturated rings. The first-order valence-electron chi connectivity index (χ1n) is 7.19. The third kappa shape index (κ3) is 3.85. The molecule has 5 nitrogen and oxygen atoms in total. The van der Waals surface area contributed by atoms with Crippen LogP contribution < -0.4 is 0 Å². The zero-order chi connectivity index (χ0) is 18.0. The van der Waals surface area contributed by atoms with E-state index in [0.29, 0.717) is 11.6 Å². The van der Waals surface area contributed by atoms with E-state index in [-0.39, 0.29) is 17.3 Å². The molecule has 1 aromatic heterocycles. The zero-order valence-electron chi connectivity index (χ0n) is 12.9. The van der Waals surface area contributed by atoms with Gasteiger partial charge in [0.1, 0.15) is 17.5 Å². The van der Waals surface area contributed by atoms with Gasteiger partial charge < -0.3 is 9.15 Å². The number of carbonyl (C=O) groups excluding carboxylic acids is 1. The first kappa shape index (κ1) is 16.7. The lowest BCUT2D eigenvalue weighted by Crippen LogP contribution is -2.10. The van der Waals surface area contributed by atoms with Crippen molar-refractivity contribution in [1.29, 1.82) is 0 Å². The number of ether oxygens (including phenoxy) is 1. The van der Waals surface area contributed by atoms with E-state index < -0.39 is 29.5 Å². The molecular weight excluding hydrogens is 337 g/mol. The molecule has 0 aliphatic heterocycles. The maximum absolute atomic E-state index is 13.2. The molecule has 8 heteroatoms. The van der Waals surface area contributed by atoms with Crippen LogP contribution in [0.5, 0.6) is 0 Å². The van der Waals surface area contributed by atoms with Gasteiger partial charge in [0, 0.05) is 11.6 Å². The molecule has 0 saturated heterocycles. The molecule has 0 bridgehead atoms. The predicted octanol–water partition coefficient (Wildman–Crippen LogP) is 4.07. The van der Waals surface area contributed by atoms with Crippen molar-refractivity contribution in [1.82, 2.24) is 10.2 Å². The van der Waals surface area contributed by atoms with Crippen LogP contribution in [0.2, 0.25) is 0 Å². The minimum absolute atomic E-state index is 0.00968. The highest BCUT2D eigenvalue weighted by Crippen LogP contribution is 2.23. The zero-order valence-corrected chi connectivity index (χ0v) is 12.9. The van der Waals surface area contributed by atoms with Crippen LogP contribution in [0.1, 0.15) is 29.3 Å². The lowest BCUT2D eigenvalue weighted by atomic mass is 10.2. The van der Waals surface area contributed by atoms with Crippen molar-refractivity contribution in [3.63, 3.8) is 0 Å². The standard InChI is InChI=1S/C17H11F3N2O3/c1-9(24-17(23)11-6-13(19)8-14(20)7-11)15-21-22-16(25-15)10-2-4-12(18)5-3-10/h2-9H,1H3/t9-/m0/s1. The maximum Gasteiger partial charge on any atom is 0.339 e. The monoisotopic (exact) mass is 348 g/mol. The highest BCUT2D eigenvalue weighted by atomic mass is 19.1. The smallest absolute Gasteiger partial charge is 0.339 e. The molecular formula is C17H11F3N2O3. The van der Waals surface area contributed by atoms with Crippen LogP contribution in [0.3, 0.4) is 0 Å². The van der Waals surface area contributed by atoms with Crippen molar-refractivity contribution in [3.8, 4) is 11.5 Å². The van der Waals surface area contributed by atoms with Crippen LogP contribution in [0.4, 0.5) is 13.2 Å². The Morgan fingerprint density at radius 1 is 1.00 bits per heavy atom. The number of esters is 1. The summed E-state index contributed by atoms with van der Waals surface area (Å²) in [5, 5.41) is 7.56. The van der Waals surface area contributed by atoms with Gasteiger partial charge in [-0.1, -0.05) is 0 Å². The van der Waals surface area contributed by atoms with E-state index >= 15 is 0 Å². The summed E-state index contributed by atoms with van der Waals surface area (Å²) in [6.45, 7) is 1.47. The van der Waals surface area contributed by atoms with Gasteiger partial charge in [0.25, 0.3) is 5.89 Å². The number of halogens is 3. The second-order valence-corrected chi connectivity index (χ2v) is 5.16. The molecule has 0 spiro atoms. The molecule has 0 aliphatic carbocycles. The lowest BCUT2D eigenvalue weighted by molar-refractivity contribution is 0.0278. The Bertz CT molecular complexity index is 890. The summed E-state index contributed by atoms with van der Waals surface area (Å²) in [6, 6.07) is 7.75. The first-order valence-corrected chi connectivity index (χ1v) is 7.19. The molecule has 0 N–H and O–H groups in total. The third-order valence-corrected chi connectivity index (χ3v) is 3.26. The largest absolute Gasteiger partial charge is 0.449 e. The van der Waals surface area contributed by atoms with Gasteiger partial charge >= 0.3 is 5.97 Å². The van der Waals surface area contributed by atoms with Gasteiger partial charge in [0.2, 0.25) is 5.89 Å². The van der Waals surface area contributed by atoms with Crippen molar-refractivity contribution in [2.45, 2.75) is 13.0 Å². The van der Waals surface area contributed by atoms with E-state index in [1.54, 1.807) is 0 Å². The van der Waals surface area contributed by atoms with Crippen LogP contribution in [-0.4, -0.2) is 16.2 Å². The van der Waals surface area contributed by atoms with E-state index in [2.05, 4.69) is 10.2 Å². The van der Waals surface area contributed by atoms with Crippen LogP contribution in [-0.2, 0) is 4.74 Å². The van der Waals surface area contributed by atoms with Crippen LogP contribution in [0.15, 0.2) is 46.9 Å². The number of benzene rings is 2. The summed E-state index contributed by atoms with van der Waals surface area (Å²) in [5.74, 6) is -3.02. The molecule has 1 heterocycles. The predicted molar refractivity (Wildman–Crippen MR) is 79.9 cm³/mol. The molecule has 3 rings (SSSR count). The SMILES string of the molecule is C[C@H](OC(=O)c1cc(F)cc(F)c1)c1nnc(-c2ccc(F)cc2)o1. The molecule has 25 heavy (non-hydrogen) atoms. The van der Waals surface area contributed by atoms with Crippen molar-refractivity contribution in [2.24, 2.45) is 0 Å². The molecule has 0 radical (unpaired) electrons. The van der Waals surface area contributed by atoms with Gasteiger partial charge in [-0.05, 0) is 43.3 Å². The first-order chi connectivity index (χ1) is 11.9. The van der Waals surface area contributed by atoms with Crippen LogP contribution >= 0.6 is 0 Å². The molecule has 3 aromatic rings. The van der Waals surface area contributed by atoms with Crippen LogP contribution in [0.25, 0.3) is 11.5 Å². The minimum Gasteiger partial charge on any atom is -0.449 e. The normalized spacial score (nSPS) is 12.0. The number of nitrogens with zero attached hydrogens (tertiary/aromatic N) is 2. The Hall–Kier alpha value is -3.16. The van der Waals surface area contributed by atoms with Crippen molar-refractivity contribution < 1.29 is 27.1 Å². The number of carbonyl (C=O) groups is 1. The van der Waals surface area contributed by atoms with Gasteiger partial charge in [-0.25, -0.2) is 18.0 Å². The van der Waals surface area contributed by atoms with E-state index in [1.165, 1.54) is 31.2 Å². The average Bonchev–Trinajstić information content (AvgIpc) is 3.04. The summed E-state index contributed by atoms with van der Waals surface area (Å²) in [6.07, 6.45) is -0.944. The highest BCUT2D eigenvalue weighted by Gasteiger charge is 2.20. The summed E-state index contributed by atoms with van der Waals surface area (Å²) < 4.78 is 49.7. The van der Waals surface area contributed by atoms with Gasteiger partial charge in [-0.3, -0.25) is 0 Å². The molecule has 0 saturated carbocycles. The van der Waals surface area contributed by atoms with Crippen molar-refractivity contribution in [3.05, 3.63) is 71.4 Å². The van der Waals surface area contributed by atoms with Crippen molar-refractivity contribution >= 4 is 5.97 Å². The van der Waals surface area contributed by atoms with E-state index in [1.807, 2.05) is 0 Å². The molecule has 0 amide bonds. The molecule has 128 valence electrons. The molecule has 0 aliphatic rings. The van der Waals surface area contributed by atoms with E-state index in [4.69, 9.17) is 9.15 Å². The molecule has 1 atom stereocenters. The maximum atomic E-state index is 13.2. The molecule has 0 unspecified atom stereocenters. The third-order valence-electron chi connectivity index (χ3n) is 3.26.